The summed E-state index contributed by atoms with van der Waals surface area (Å²) in [5, 5.41) is 11.8. The molecule has 0 heterocycles. The third-order valence-corrected chi connectivity index (χ3v) is 4.39. The van der Waals surface area contributed by atoms with Gasteiger partial charge in [-0.3, -0.25) is 0 Å². The predicted octanol–water partition coefficient (Wildman–Crippen LogP) is 4.62. The van der Waals surface area contributed by atoms with Gasteiger partial charge in [0.1, 0.15) is 17.9 Å². The normalized spacial score (nSPS) is 10.7. The number of fused-ring (bicyclic) bond motifs is 1. The zero-order chi connectivity index (χ0) is 16.2. The SMILES string of the molecule is CSc1ccc(COC(=O)c2ccc3ccccc3c2O)cc1. The summed E-state index contributed by atoms with van der Waals surface area (Å²) in [5.74, 6) is -0.562. The number of carbonyl (C=O) groups is 1. The van der Waals surface area contributed by atoms with E-state index in [4.69, 9.17) is 4.74 Å². The van der Waals surface area contributed by atoms with Gasteiger partial charge < -0.3 is 9.84 Å². The summed E-state index contributed by atoms with van der Waals surface area (Å²) in [7, 11) is 0. The molecule has 3 aromatic carbocycles. The number of phenolic OH excluding ortho intramolecular Hbond substituents is 1. The van der Waals surface area contributed by atoms with E-state index in [2.05, 4.69) is 0 Å². The summed E-state index contributed by atoms with van der Waals surface area (Å²) in [6, 6.07) is 18.6. The first-order chi connectivity index (χ1) is 11.2. The van der Waals surface area contributed by atoms with E-state index < -0.39 is 5.97 Å². The second kappa shape index (κ2) is 6.75. The summed E-state index contributed by atoms with van der Waals surface area (Å²) in [5.41, 5.74) is 1.10. The van der Waals surface area contributed by atoms with Crippen molar-refractivity contribution >= 4 is 28.5 Å². The van der Waals surface area contributed by atoms with Crippen LogP contribution in [0.3, 0.4) is 0 Å². The van der Waals surface area contributed by atoms with E-state index in [9.17, 15) is 9.90 Å². The second-order valence-electron chi connectivity index (χ2n) is 5.11. The third-order valence-electron chi connectivity index (χ3n) is 3.65. The topological polar surface area (TPSA) is 46.5 Å². The lowest BCUT2D eigenvalue weighted by atomic mass is 10.1. The number of aromatic hydroxyl groups is 1. The van der Waals surface area contributed by atoms with Gasteiger partial charge in [0.15, 0.2) is 0 Å². The van der Waals surface area contributed by atoms with Gasteiger partial charge in [-0.15, -0.1) is 11.8 Å². The monoisotopic (exact) mass is 324 g/mol. The zero-order valence-corrected chi connectivity index (χ0v) is 13.5. The molecule has 0 bridgehead atoms. The fourth-order valence-electron chi connectivity index (χ4n) is 2.37. The maximum atomic E-state index is 12.2. The number of ether oxygens (including phenoxy) is 1. The molecule has 0 aliphatic rings. The van der Waals surface area contributed by atoms with Crippen LogP contribution < -0.4 is 0 Å². The predicted molar refractivity (Wildman–Crippen MR) is 93.0 cm³/mol. The number of thioether (sulfide) groups is 1. The average molecular weight is 324 g/mol. The molecule has 1 N–H and O–H groups in total. The highest BCUT2D eigenvalue weighted by Gasteiger charge is 2.15. The molecule has 0 aliphatic carbocycles. The number of benzene rings is 3. The van der Waals surface area contributed by atoms with E-state index in [-0.39, 0.29) is 17.9 Å². The van der Waals surface area contributed by atoms with Crippen LogP contribution in [0.4, 0.5) is 0 Å². The Labute approximate surface area is 138 Å². The molecule has 0 saturated carbocycles. The van der Waals surface area contributed by atoms with Crippen LogP contribution in [0.5, 0.6) is 5.75 Å². The van der Waals surface area contributed by atoms with E-state index >= 15 is 0 Å². The van der Waals surface area contributed by atoms with E-state index in [0.717, 1.165) is 15.8 Å². The van der Waals surface area contributed by atoms with Crippen molar-refractivity contribution in [2.75, 3.05) is 6.26 Å². The van der Waals surface area contributed by atoms with Gasteiger partial charge in [0.2, 0.25) is 0 Å². The van der Waals surface area contributed by atoms with Crippen molar-refractivity contribution in [2.45, 2.75) is 11.5 Å². The Balaban J connectivity index is 1.76. The van der Waals surface area contributed by atoms with Gasteiger partial charge in [-0.1, -0.05) is 42.5 Å². The molecule has 0 fully saturated rings. The fraction of sp³-hybridized carbons (Fsp3) is 0.105. The molecule has 3 nitrogen and oxygen atoms in total. The van der Waals surface area contributed by atoms with Crippen molar-refractivity contribution in [3.05, 3.63) is 71.8 Å². The molecular weight excluding hydrogens is 308 g/mol. The smallest absolute Gasteiger partial charge is 0.342 e. The summed E-state index contributed by atoms with van der Waals surface area (Å²) in [6.07, 6.45) is 2.01. The average Bonchev–Trinajstić information content (AvgIpc) is 2.60. The highest BCUT2D eigenvalue weighted by atomic mass is 32.2. The number of rotatable bonds is 4. The Morgan fingerprint density at radius 1 is 1.04 bits per heavy atom. The van der Waals surface area contributed by atoms with Crippen LogP contribution in [0.1, 0.15) is 15.9 Å². The molecule has 0 aromatic heterocycles. The fourth-order valence-corrected chi connectivity index (χ4v) is 2.78. The Kier molecular flexibility index (Phi) is 4.53. The van der Waals surface area contributed by atoms with Crippen molar-refractivity contribution in [1.82, 2.24) is 0 Å². The third kappa shape index (κ3) is 3.32. The molecule has 0 radical (unpaired) electrons. The summed E-state index contributed by atoms with van der Waals surface area (Å²) >= 11 is 1.66. The number of carbonyl (C=O) groups excluding carboxylic acids is 1. The minimum atomic E-state index is -0.526. The first-order valence-corrected chi connectivity index (χ1v) is 8.42. The number of esters is 1. The van der Waals surface area contributed by atoms with Crippen molar-refractivity contribution in [3.8, 4) is 5.75 Å². The summed E-state index contributed by atoms with van der Waals surface area (Å²) < 4.78 is 5.31. The van der Waals surface area contributed by atoms with Gasteiger partial charge in [0.25, 0.3) is 0 Å². The van der Waals surface area contributed by atoms with E-state index in [0.29, 0.717) is 5.39 Å². The highest BCUT2D eigenvalue weighted by Crippen LogP contribution is 2.29. The van der Waals surface area contributed by atoms with Gasteiger partial charge in [0, 0.05) is 10.3 Å². The summed E-state index contributed by atoms with van der Waals surface area (Å²) in [6.45, 7) is 0.180. The maximum Gasteiger partial charge on any atom is 0.342 e. The largest absolute Gasteiger partial charge is 0.506 e. The number of hydrogen-bond donors (Lipinski definition) is 1. The lowest BCUT2D eigenvalue weighted by Crippen LogP contribution is -2.05. The van der Waals surface area contributed by atoms with Gasteiger partial charge in [-0.2, -0.15) is 0 Å². The molecule has 0 saturated heterocycles. The van der Waals surface area contributed by atoms with Crippen LogP contribution >= 0.6 is 11.8 Å². The molecule has 0 atom stereocenters. The van der Waals surface area contributed by atoms with Gasteiger partial charge in [-0.05, 0) is 35.4 Å². The molecule has 0 aliphatic heterocycles. The van der Waals surface area contributed by atoms with Gasteiger partial charge in [0.05, 0.1) is 0 Å². The lowest BCUT2D eigenvalue weighted by Gasteiger charge is -2.09. The quantitative estimate of drug-likeness (QED) is 0.562. The maximum absolute atomic E-state index is 12.2. The van der Waals surface area contributed by atoms with Crippen LogP contribution in [-0.4, -0.2) is 17.3 Å². The van der Waals surface area contributed by atoms with Gasteiger partial charge in [-0.25, -0.2) is 4.79 Å². The molecule has 116 valence electrons. The van der Waals surface area contributed by atoms with Crippen LogP contribution in [0, 0.1) is 0 Å². The van der Waals surface area contributed by atoms with Crippen molar-refractivity contribution < 1.29 is 14.6 Å². The molecular formula is C19H16O3S. The molecule has 3 aromatic rings. The minimum Gasteiger partial charge on any atom is -0.506 e. The first-order valence-electron chi connectivity index (χ1n) is 7.20. The van der Waals surface area contributed by atoms with Crippen LogP contribution in [0.2, 0.25) is 0 Å². The highest BCUT2D eigenvalue weighted by molar-refractivity contribution is 7.98. The molecule has 0 spiro atoms. The number of hydrogen-bond acceptors (Lipinski definition) is 4. The minimum absolute atomic E-state index is 0.0363. The molecule has 4 heteroatoms. The van der Waals surface area contributed by atoms with Crippen molar-refractivity contribution in [1.29, 1.82) is 0 Å². The van der Waals surface area contributed by atoms with Crippen LogP contribution in [0.25, 0.3) is 10.8 Å². The Morgan fingerprint density at radius 2 is 1.78 bits per heavy atom. The molecule has 23 heavy (non-hydrogen) atoms. The standard InChI is InChI=1S/C19H16O3S/c1-23-15-9-6-13(7-10-15)12-22-19(21)17-11-8-14-4-2-3-5-16(14)18(17)20/h2-11,20H,12H2,1H3. The Bertz CT molecular complexity index is 841. The second-order valence-corrected chi connectivity index (χ2v) is 5.99. The van der Waals surface area contributed by atoms with Crippen LogP contribution in [0.15, 0.2) is 65.6 Å². The zero-order valence-electron chi connectivity index (χ0n) is 12.7. The van der Waals surface area contributed by atoms with E-state index in [1.807, 2.05) is 48.7 Å². The number of phenols is 1. The Hall–Kier alpha value is -2.46. The summed E-state index contributed by atoms with van der Waals surface area (Å²) in [4.78, 5) is 13.4. The molecule has 0 amide bonds. The van der Waals surface area contributed by atoms with E-state index in [1.54, 1.807) is 30.0 Å². The molecule has 3 rings (SSSR count). The molecule has 0 unspecified atom stereocenters. The first kappa shape index (κ1) is 15.4. The lowest BCUT2D eigenvalue weighted by molar-refractivity contribution is 0.0469. The van der Waals surface area contributed by atoms with Crippen molar-refractivity contribution in [3.63, 3.8) is 0 Å². The Morgan fingerprint density at radius 3 is 2.52 bits per heavy atom. The van der Waals surface area contributed by atoms with E-state index in [1.165, 1.54) is 0 Å². The van der Waals surface area contributed by atoms with Gasteiger partial charge >= 0.3 is 5.97 Å². The van der Waals surface area contributed by atoms with Crippen molar-refractivity contribution in [2.24, 2.45) is 0 Å². The van der Waals surface area contributed by atoms with Crippen LogP contribution in [-0.2, 0) is 11.3 Å².